The van der Waals surface area contributed by atoms with Gasteiger partial charge in [0, 0.05) is 11.4 Å². The number of aromatic amines is 1. The second kappa shape index (κ2) is 7.35. The van der Waals surface area contributed by atoms with E-state index in [1.54, 1.807) is 11.3 Å². The van der Waals surface area contributed by atoms with Gasteiger partial charge in [-0.25, -0.2) is 4.98 Å². The Kier molecular flexibility index (Phi) is 5.72. The number of nitrogens with one attached hydrogen (secondary N) is 1. The molecule has 0 saturated heterocycles. The second-order valence-corrected chi connectivity index (χ2v) is 6.98. The topological polar surface area (TPSA) is 69.2 Å². The van der Waals surface area contributed by atoms with E-state index in [1.807, 2.05) is 20.8 Å². The molecule has 1 unspecified atom stereocenters. The summed E-state index contributed by atoms with van der Waals surface area (Å²) in [7, 11) is 0. The molecule has 2 heterocycles. The number of rotatable bonds is 7. The summed E-state index contributed by atoms with van der Waals surface area (Å²) in [6.07, 6.45) is 1.39. The molecule has 0 aliphatic carbocycles. The molecule has 1 atom stereocenters. The largest absolute Gasteiger partial charge is 0.392 e. The normalized spacial score (nSPS) is 13.2. The third-order valence-electron chi connectivity index (χ3n) is 3.94. The van der Waals surface area contributed by atoms with Crippen LogP contribution in [0.15, 0.2) is 4.79 Å². The van der Waals surface area contributed by atoms with E-state index in [0.29, 0.717) is 24.3 Å². The van der Waals surface area contributed by atoms with Crippen LogP contribution in [0.25, 0.3) is 10.2 Å². The van der Waals surface area contributed by atoms with Gasteiger partial charge in [-0.2, -0.15) is 0 Å². The molecule has 0 aliphatic rings. The zero-order valence-electron chi connectivity index (χ0n) is 13.8. The Morgan fingerprint density at radius 3 is 2.73 bits per heavy atom. The fourth-order valence-electron chi connectivity index (χ4n) is 2.56. The summed E-state index contributed by atoms with van der Waals surface area (Å²) in [5, 5.41) is 10.6. The zero-order chi connectivity index (χ0) is 16.3. The highest BCUT2D eigenvalue weighted by atomic mass is 32.1. The van der Waals surface area contributed by atoms with Crippen LogP contribution in [0, 0.1) is 13.8 Å². The van der Waals surface area contributed by atoms with Crippen LogP contribution in [0.1, 0.15) is 43.0 Å². The number of hydrogen-bond donors (Lipinski definition) is 2. The molecule has 2 aromatic heterocycles. The van der Waals surface area contributed by atoms with Crippen molar-refractivity contribution in [1.29, 1.82) is 0 Å². The van der Waals surface area contributed by atoms with Crippen LogP contribution in [0.3, 0.4) is 0 Å². The van der Waals surface area contributed by atoms with Crippen LogP contribution in [0.5, 0.6) is 0 Å². The zero-order valence-corrected chi connectivity index (χ0v) is 14.6. The van der Waals surface area contributed by atoms with Gasteiger partial charge in [0.15, 0.2) is 0 Å². The van der Waals surface area contributed by atoms with Gasteiger partial charge in [-0.05, 0) is 38.8 Å². The lowest BCUT2D eigenvalue weighted by molar-refractivity contribution is 0.104. The average Bonchev–Trinajstić information content (AvgIpc) is 2.74. The van der Waals surface area contributed by atoms with Gasteiger partial charge in [-0.3, -0.25) is 9.69 Å². The van der Waals surface area contributed by atoms with E-state index in [2.05, 4.69) is 21.8 Å². The van der Waals surface area contributed by atoms with Gasteiger partial charge in [-0.1, -0.05) is 13.8 Å². The highest BCUT2D eigenvalue weighted by Gasteiger charge is 2.15. The summed E-state index contributed by atoms with van der Waals surface area (Å²) in [5.41, 5.74) is 0.960. The Hall–Kier alpha value is -1.24. The highest BCUT2D eigenvalue weighted by Crippen LogP contribution is 2.25. The van der Waals surface area contributed by atoms with Crippen molar-refractivity contribution in [3.8, 4) is 0 Å². The van der Waals surface area contributed by atoms with Crippen molar-refractivity contribution in [3.05, 3.63) is 26.6 Å². The number of aliphatic hydroxyl groups excluding tert-OH is 1. The summed E-state index contributed by atoms with van der Waals surface area (Å²) in [6.45, 7) is 10.1. The molecule has 5 nitrogen and oxygen atoms in total. The predicted octanol–water partition coefficient (Wildman–Crippen LogP) is 2.58. The Labute approximate surface area is 135 Å². The maximum atomic E-state index is 12.3. The number of H-pyrrole nitrogens is 1. The molecule has 0 aliphatic heterocycles. The van der Waals surface area contributed by atoms with Crippen LogP contribution in [-0.2, 0) is 6.54 Å². The molecule has 2 N–H and O–H groups in total. The van der Waals surface area contributed by atoms with Crippen molar-refractivity contribution in [2.24, 2.45) is 0 Å². The molecule has 0 saturated carbocycles. The molecule has 0 amide bonds. The number of aliphatic hydroxyl groups is 1. The molecule has 2 rings (SSSR count). The van der Waals surface area contributed by atoms with Gasteiger partial charge in [0.1, 0.15) is 10.7 Å². The van der Waals surface area contributed by atoms with Gasteiger partial charge in [0.05, 0.1) is 18.0 Å². The van der Waals surface area contributed by atoms with E-state index in [4.69, 9.17) is 0 Å². The molecular weight excluding hydrogens is 298 g/mol. The summed E-state index contributed by atoms with van der Waals surface area (Å²) in [6, 6.07) is 0. The molecule has 0 fully saturated rings. The first kappa shape index (κ1) is 17.1. The number of hydrogen-bond acceptors (Lipinski definition) is 5. The predicted molar refractivity (Wildman–Crippen MR) is 91.6 cm³/mol. The Morgan fingerprint density at radius 2 is 2.09 bits per heavy atom. The Balaban J connectivity index is 2.27. The van der Waals surface area contributed by atoms with Gasteiger partial charge >= 0.3 is 0 Å². The summed E-state index contributed by atoms with van der Waals surface area (Å²) in [4.78, 5) is 23.9. The smallest absolute Gasteiger partial charge is 0.259 e. The fourth-order valence-corrected chi connectivity index (χ4v) is 3.61. The third-order valence-corrected chi connectivity index (χ3v) is 5.04. The van der Waals surface area contributed by atoms with Crippen LogP contribution >= 0.6 is 11.3 Å². The van der Waals surface area contributed by atoms with Crippen molar-refractivity contribution in [1.82, 2.24) is 14.9 Å². The maximum Gasteiger partial charge on any atom is 0.259 e. The number of thiophene rings is 1. The lowest BCUT2D eigenvalue weighted by Crippen LogP contribution is -2.33. The van der Waals surface area contributed by atoms with E-state index in [0.717, 1.165) is 34.7 Å². The number of aryl methyl sites for hydroxylation is 2. The Bertz CT molecular complexity index is 692. The second-order valence-electron chi connectivity index (χ2n) is 5.77. The van der Waals surface area contributed by atoms with E-state index in [-0.39, 0.29) is 11.7 Å². The maximum absolute atomic E-state index is 12.3. The first-order valence-electron chi connectivity index (χ1n) is 7.85. The van der Waals surface area contributed by atoms with Crippen LogP contribution in [0.2, 0.25) is 0 Å². The van der Waals surface area contributed by atoms with Crippen molar-refractivity contribution >= 4 is 21.6 Å². The molecule has 2 aromatic rings. The van der Waals surface area contributed by atoms with Crippen LogP contribution in [0.4, 0.5) is 0 Å². The van der Waals surface area contributed by atoms with Crippen LogP contribution < -0.4 is 5.56 Å². The summed E-state index contributed by atoms with van der Waals surface area (Å²) >= 11 is 1.57. The van der Waals surface area contributed by atoms with Crippen molar-refractivity contribution < 1.29 is 5.11 Å². The van der Waals surface area contributed by atoms with Gasteiger partial charge in [0.25, 0.3) is 5.56 Å². The fraction of sp³-hybridized carbons (Fsp3) is 0.625. The molecule has 6 heteroatoms. The van der Waals surface area contributed by atoms with Gasteiger partial charge in [0.2, 0.25) is 0 Å². The number of fused-ring (bicyclic) bond motifs is 1. The molecule has 0 spiro atoms. The number of nitrogens with zero attached hydrogens (tertiary/aromatic N) is 2. The van der Waals surface area contributed by atoms with Gasteiger partial charge in [-0.15, -0.1) is 11.3 Å². The molecule has 0 radical (unpaired) electrons. The molecular formula is C16H25N3O2S. The van der Waals surface area contributed by atoms with Gasteiger partial charge < -0.3 is 10.1 Å². The molecule has 0 bridgehead atoms. The average molecular weight is 323 g/mol. The minimum atomic E-state index is -0.340. The highest BCUT2D eigenvalue weighted by molar-refractivity contribution is 7.18. The van der Waals surface area contributed by atoms with Crippen LogP contribution in [-0.4, -0.2) is 39.2 Å². The molecule has 0 aromatic carbocycles. The number of aromatic nitrogens is 2. The van der Waals surface area contributed by atoms with Crippen molar-refractivity contribution in [3.63, 3.8) is 0 Å². The summed E-state index contributed by atoms with van der Waals surface area (Å²) in [5.74, 6) is 0.676. The monoisotopic (exact) mass is 323 g/mol. The SMILES string of the molecule is CCCN(Cc1nc2sc(C)c(C)c2c(=O)[nH]1)CC(O)CC. The molecule has 122 valence electrons. The first-order chi connectivity index (χ1) is 10.5. The third kappa shape index (κ3) is 3.74. The quantitative estimate of drug-likeness (QED) is 0.822. The standard InChI is InChI=1S/C16H25N3O2S/c1-5-7-19(8-12(20)6-2)9-13-17-15(21)14-10(3)11(4)22-16(14)18-13/h12,20H,5-9H2,1-4H3,(H,17,18,21). The molecule has 22 heavy (non-hydrogen) atoms. The minimum absolute atomic E-state index is 0.0608. The summed E-state index contributed by atoms with van der Waals surface area (Å²) < 4.78 is 0. The first-order valence-corrected chi connectivity index (χ1v) is 8.67. The van der Waals surface area contributed by atoms with E-state index < -0.39 is 0 Å². The lowest BCUT2D eigenvalue weighted by Gasteiger charge is -2.23. The van der Waals surface area contributed by atoms with Crippen molar-refractivity contribution in [2.45, 2.75) is 53.2 Å². The lowest BCUT2D eigenvalue weighted by atomic mass is 10.2. The van der Waals surface area contributed by atoms with E-state index >= 15 is 0 Å². The van der Waals surface area contributed by atoms with Crippen molar-refractivity contribution in [2.75, 3.05) is 13.1 Å². The minimum Gasteiger partial charge on any atom is -0.392 e. The Morgan fingerprint density at radius 1 is 1.36 bits per heavy atom. The van der Waals surface area contributed by atoms with E-state index in [9.17, 15) is 9.90 Å². The van der Waals surface area contributed by atoms with E-state index in [1.165, 1.54) is 0 Å².